The molecule has 0 heterocycles. The van der Waals surface area contributed by atoms with E-state index >= 15 is 0 Å². The summed E-state index contributed by atoms with van der Waals surface area (Å²) in [4.78, 5) is 55.7. The Bertz CT molecular complexity index is 708. The minimum absolute atomic E-state index is 0.0510. The standard InChI is InChI=1S/C19H22O8/c1-4-6-7-8-11-25-18(22)15-12-13(17(21)24-3)9-10-14(15)19(23)27-26-16(20)5-2/h5,9-10,12H,2,4,6-8,11H2,1,3H3. The van der Waals surface area contributed by atoms with Crippen LogP contribution in [0, 0.1) is 0 Å². The maximum atomic E-state index is 12.4. The summed E-state index contributed by atoms with van der Waals surface area (Å²) in [6.45, 7) is 5.39. The highest BCUT2D eigenvalue weighted by Gasteiger charge is 2.23. The molecule has 0 fully saturated rings. The van der Waals surface area contributed by atoms with Gasteiger partial charge in [0.25, 0.3) is 0 Å². The molecule has 0 spiro atoms. The first-order chi connectivity index (χ1) is 12.9. The first-order valence-corrected chi connectivity index (χ1v) is 8.39. The normalized spacial score (nSPS) is 9.85. The van der Waals surface area contributed by atoms with E-state index in [0.717, 1.165) is 31.4 Å². The number of benzene rings is 1. The lowest BCUT2D eigenvalue weighted by molar-refractivity contribution is -0.228. The highest BCUT2D eigenvalue weighted by Crippen LogP contribution is 2.17. The Morgan fingerprint density at radius 2 is 1.70 bits per heavy atom. The lowest BCUT2D eigenvalue weighted by atomic mass is 10.0. The van der Waals surface area contributed by atoms with E-state index in [0.29, 0.717) is 6.42 Å². The van der Waals surface area contributed by atoms with Gasteiger partial charge in [-0.05, 0) is 24.6 Å². The minimum atomic E-state index is -1.10. The second kappa shape index (κ2) is 11.5. The van der Waals surface area contributed by atoms with E-state index in [2.05, 4.69) is 28.0 Å². The number of carbonyl (C=O) groups is 4. The Morgan fingerprint density at radius 1 is 0.963 bits per heavy atom. The summed E-state index contributed by atoms with van der Waals surface area (Å²) in [6.07, 6.45) is 4.43. The van der Waals surface area contributed by atoms with E-state index in [1.54, 1.807) is 0 Å². The molecule has 0 radical (unpaired) electrons. The largest absolute Gasteiger partial charge is 0.465 e. The number of esters is 2. The molecule has 1 rings (SSSR count). The maximum Gasteiger partial charge on any atom is 0.387 e. The first-order valence-electron chi connectivity index (χ1n) is 8.39. The summed E-state index contributed by atoms with van der Waals surface area (Å²) in [7, 11) is 1.19. The van der Waals surface area contributed by atoms with Crippen LogP contribution in [0.2, 0.25) is 0 Å². The van der Waals surface area contributed by atoms with Crippen molar-refractivity contribution in [3.63, 3.8) is 0 Å². The van der Waals surface area contributed by atoms with Gasteiger partial charge in [0.1, 0.15) is 0 Å². The molecule has 0 unspecified atom stereocenters. The van der Waals surface area contributed by atoms with Gasteiger partial charge in [0.05, 0.1) is 30.4 Å². The zero-order valence-electron chi connectivity index (χ0n) is 15.3. The molecule has 0 saturated carbocycles. The maximum absolute atomic E-state index is 12.4. The van der Waals surface area contributed by atoms with Crippen LogP contribution < -0.4 is 0 Å². The predicted octanol–water partition coefficient (Wildman–Crippen LogP) is 3.01. The summed E-state index contributed by atoms with van der Waals surface area (Å²) in [5.74, 6) is -3.57. The molecule has 0 aliphatic heterocycles. The monoisotopic (exact) mass is 378 g/mol. The van der Waals surface area contributed by atoms with E-state index in [1.165, 1.54) is 19.2 Å². The van der Waals surface area contributed by atoms with E-state index in [1.807, 2.05) is 0 Å². The molecule has 0 N–H and O–H groups in total. The molecule has 8 nitrogen and oxygen atoms in total. The molecule has 0 aliphatic carbocycles. The molecule has 0 saturated heterocycles. The van der Waals surface area contributed by atoms with Crippen LogP contribution in [0.15, 0.2) is 30.9 Å². The average molecular weight is 378 g/mol. The van der Waals surface area contributed by atoms with Crippen LogP contribution in [0.5, 0.6) is 0 Å². The lowest BCUT2D eigenvalue weighted by Crippen LogP contribution is -2.17. The minimum Gasteiger partial charge on any atom is -0.465 e. The highest BCUT2D eigenvalue weighted by molar-refractivity contribution is 6.05. The highest BCUT2D eigenvalue weighted by atomic mass is 17.2. The Balaban J connectivity index is 2.98. The molecular formula is C19H22O8. The predicted molar refractivity (Wildman–Crippen MR) is 93.9 cm³/mol. The number of hydrogen-bond acceptors (Lipinski definition) is 8. The van der Waals surface area contributed by atoms with Gasteiger partial charge in [0, 0.05) is 6.08 Å². The molecule has 0 amide bonds. The number of rotatable bonds is 9. The quantitative estimate of drug-likeness (QED) is 0.212. The third kappa shape index (κ3) is 6.93. The van der Waals surface area contributed by atoms with Gasteiger partial charge in [-0.1, -0.05) is 32.8 Å². The van der Waals surface area contributed by atoms with Crippen molar-refractivity contribution in [1.29, 1.82) is 0 Å². The van der Waals surface area contributed by atoms with Gasteiger partial charge in [0.15, 0.2) is 0 Å². The van der Waals surface area contributed by atoms with E-state index in [-0.39, 0.29) is 23.3 Å². The molecular weight excluding hydrogens is 356 g/mol. The van der Waals surface area contributed by atoms with Gasteiger partial charge >= 0.3 is 23.9 Å². The Kier molecular flexibility index (Phi) is 9.28. The molecule has 0 aromatic heterocycles. The van der Waals surface area contributed by atoms with E-state index in [4.69, 9.17) is 4.74 Å². The van der Waals surface area contributed by atoms with Crippen molar-refractivity contribution < 1.29 is 38.4 Å². The van der Waals surface area contributed by atoms with Gasteiger partial charge in [-0.2, -0.15) is 0 Å². The van der Waals surface area contributed by atoms with Crippen LogP contribution in [0.25, 0.3) is 0 Å². The number of methoxy groups -OCH3 is 1. The van der Waals surface area contributed by atoms with Crippen LogP contribution in [-0.2, 0) is 24.0 Å². The second-order valence-electron chi connectivity index (χ2n) is 5.43. The van der Waals surface area contributed by atoms with Crippen LogP contribution in [-0.4, -0.2) is 37.6 Å². The van der Waals surface area contributed by atoms with Gasteiger partial charge in [-0.3, -0.25) is 0 Å². The molecule has 1 aromatic rings. The summed E-state index contributed by atoms with van der Waals surface area (Å²) in [6, 6.07) is 3.62. The molecule has 146 valence electrons. The number of unbranched alkanes of at least 4 members (excludes halogenated alkanes) is 3. The van der Waals surface area contributed by atoms with Crippen LogP contribution in [0.4, 0.5) is 0 Å². The summed E-state index contributed by atoms with van der Waals surface area (Å²) in [5.41, 5.74) is -0.374. The Hall–Kier alpha value is -3.16. The third-order valence-electron chi connectivity index (χ3n) is 3.48. The zero-order chi connectivity index (χ0) is 20.2. The average Bonchev–Trinajstić information content (AvgIpc) is 2.70. The smallest absolute Gasteiger partial charge is 0.387 e. The van der Waals surface area contributed by atoms with Crippen molar-refractivity contribution in [2.75, 3.05) is 13.7 Å². The lowest BCUT2D eigenvalue weighted by Gasteiger charge is -2.10. The van der Waals surface area contributed by atoms with Crippen molar-refractivity contribution in [3.05, 3.63) is 47.5 Å². The van der Waals surface area contributed by atoms with Gasteiger partial charge < -0.3 is 9.47 Å². The molecule has 0 atom stereocenters. The Morgan fingerprint density at radius 3 is 2.33 bits per heavy atom. The van der Waals surface area contributed by atoms with Gasteiger partial charge in [0.2, 0.25) is 0 Å². The van der Waals surface area contributed by atoms with Crippen molar-refractivity contribution in [1.82, 2.24) is 0 Å². The van der Waals surface area contributed by atoms with Gasteiger partial charge in [-0.25, -0.2) is 29.0 Å². The fourth-order valence-electron chi connectivity index (χ4n) is 2.07. The van der Waals surface area contributed by atoms with Crippen molar-refractivity contribution in [2.45, 2.75) is 32.6 Å². The second-order valence-corrected chi connectivity index (χ2v) is 5.43. The summed E-state index contributed by atoms with van der Waals surface area (Å²) in [5, 5.41) is 0. The zero-order valence-corrected chi connectivity index (χ0v) is 15.3. The fourth-order valence-corrected chi connectivity index (χ4v) is 2.07. The van der Waals surface area contributed by atoms with Crippen molar-refractivity contribution in [2.24, 2.45) is 0 Å². The van der Waals surface area contributed by atoms with E-state index in [9.17, 15) is 19.2 Å². The van der Waals surface area contributed by atoms with Crippen molar-refractivity contribution in [3.8, 4) is 0 Å². The summed E-state index contributed by atoms with van der Waals surface area (Å²) < 4.78 is 9.76. The molecule has 0 aliphatic rings. The molecule has 0 bridgehead atoms. The van der Waals surface area contributed by atoms with Crippen LogP contribution in [0.1, 0.15) is 63.7 Å². The molecule has 1 aromatic carbocycles. The number of ether oxygens (including phenoxy) is 2. The molecule has 27 heavy (non-hydrogen) atoms. The van der Waals surface area contributed by atoms with Crippen LogP contribution >= 0.6 is 0 Å². The van der Waals surface area contributed by atoms with E-state index < -0.39 is 23.9 Å². The summed E-state index contributed by atoms with van der Waals surface area (Å²) >= 11 is 0. The van der Waals surface area contributed by atoms with Gasteiger partial charge in [-0.15, -0.1) is 0 Å². The fraction of sp³-hybridized carbons (Fsp3) is 0.368. The third-order valence-corrected chi connectivity index (χ3v) is 3.48. The van der Waals surface area contributed by atoms with Crippen molar-refractivity contribution >= 4 is 23.9 Å². The number of hydrogen-bond donors (Lipinski definition) is 0. The Labute approximate surface area is 157 Å². The topological polar surface area (TPSA) is 105 Å². The molecule has 8 heteroatoms. The SMILES string of the molecule is C=CC(=O)OOC(=O)c1ccc(C(=O)OC)cc1C(=O)OCCCCCC. The first kappa shape index (κ1) is 21.9. The van der Waals surface area contributed by atoms with Crippen LogP contribution in [0.3, 0.4) is 0 Å². The number of carbonyl (C=O) groups excluding carboxylic acids is 4.